The molecule has 0 aromatic carbocycles. The maximum absolute atomic E-state index is 3.45. The number of allylic oxidation sites excluding steroid dienone is 16. The van der Waals surface area contributed by atoms with Crippen LogP contribution < -0.4 is 24.8 Å². The predicted octanol–water partition coefficient (Wildman–Crippen LogP) is 5.48. The maximum atomic E-state index is 3.45. The Hall–Kier alpha value is 0.700. The summed E-state index contributed by atoms with van der Waals surface area (Å²) in [7, 11) is 0. The molecule has 0 saturated heterocycles. The van der Waals surface area contributed by atoms with Crippen molar-refractivity contribution in [3.63, 3.8) is 0 Å². The molecule has 0 bridgehead atoms. The second kappa shape index (κ2) is 34.6. The van der Waals surface area contributed by atoms with E-state index in [2.05, 4.69) is 104 Å². The minimum atomic E-state index is 0. The first kappa shape index (κ1) is 49.6. The molecule has 4 aliphatic rings. The summed E-state index contributed by atoms with van der Waals surface area (Å²) in [5.74, 6) is 0. The molecule has 0 amide bonds. The standard InChI is InChI=1S/2C11H17.2C5H5.2C2H6Si.2ClH.2Zr/c2*1-4-9-7-8-10(5-2)11(9)6-3;2*1-2-4-5-3-1;2*1-3-2;;;;/h2*4-7H2,1-3H3;2*1-3H,4H2;2*1-2H3;2*1H;;/q4*-1;;;;;2*+2/p-2. The average Bonchev–Trinajstić information content (AvgIpc) is 3.75. The average molecular weight is 798 g/mol. The molecule has 0 N–H and O–H groups in total. The van der Waals surface area contributed by atoms with Crippen molar-refractivity contribution in [2.75, 3.05) is 0 Å². The molecule has 0 aromatic heterocycles. The van der Waals surface area contributed by atoms with Gasteiger partial charge in [0.2, 0.25) is 0 Å². The Balaban J connectivity index is -0.000000216. The van der Waals surface area contributed by atoms with Crippen molar-refractivity contribution in [3.05, 3.63) is 94.2 Å². The van der Waals surface area contributed by atoms with Crippen molar-refractivity contribution in [1.82, 2.24) is 0 Å². The van der Waals surface area contributed by atoms with Crippen molar-refractivity contribution in [1.29, 1.82) is 0 Å². The minimum Gasteiger partial charge on any atom is -1.00 e. The quantitative estimate of drug-likeness (QED) is 0.247. The molecular formula is C36H56Cl2Si2Zr2-2. The summed E-state index contributed by atoms with van der Waals surface area (Å²) >= 11 is 3.48. The van der Waals surface area contributed by atoms with Crippen LogP contribution >= 0.6 is 0 Å². The first-order valence-electron chi connectivity index (χ1n) is 15.2. The third-order valence-corrected chi connectivity index (χ3v) is 6.05. The van der Waals surface area contributed by atoms with Gasteiger partial charge in [0.15, 0.2) is 0 Å². The Kier molecular flexibility index (Phi) is 40.8. The van der Waals surface area contributed by atoms with E-state index in [4.69, 9.17) is 0 Å². The van der Waals surface area contributed by atoms with Crippen LogP contribution in [0.1, 0.15) is 106 Å². The van der Waals surface area contributed by atoms with Crippen molar-refractivity contribution >= 4 is 10.9 Å². The summed E-state index contributed by atoms with van der Waals surface area (Å²) in [5.41, 5.74) is 9.79. The Morgan fingerprint density at radius 3 is 1.02 bits per heavy atom. The van der Waals surface area contributed by atoms with Crippen LogP contribution in [0, 0.1) is 24.3 Å². The van der Waals surface area contributed by atoms with E-state index in [9.17, 15) is 0 Å². The molecule has 0 radical (unpaired) electrons. The van der Waals surface area contributed by atoms with Gasteiger partial charge in [-0.2, -0.15) is 34.4 Å². The van der Waals surface area contributed by atoms with Crippen LogP contribution in [0.25, 0.3) is 0 Å². The van der Waals surface area contributed by atoms with Gasteiger partial charge in [0, 0.05) is 0 Å². The van der Waals surface area contributed by atoms with E-state index in [-0.39, 0.29) is 35.7 Å². The van der Waals surface area contributed by atoms with Crippen LogP contribution in [0.15, 0.2) is 69.9 Å². The van der Waals surface area contributed by atoms with Crippen LogP contribution in [0.4, 0.5) is 0 Å². The maximum Gasteiger partial charge on any atom is -0.109 e. The molecule has 0 heterocycles. The van der Waals surface area contributed by atoms with E-state index in [0.717, 1.165) is 38.5 Å². The minimum absolute atomic E-state index is 0. The van der Waals surface area contributed by atoms with E-state index in [1.807, 2.05) is 24.3 Å². The van der Waals surface area contributed by atoms with Gasteiger partial charge < -0.3 is 24.8 Å². The zero-order valence-corrected chi connectivity index (χ0v) is 36.7. The van der Waals surface area contributed by atoms with Crippen LogP contribution in [0.3, 0.4) is 0 Å². The largest absolute Gasteiger partial charge is 1.00 e. The van der Waals surface area contributed by atoms with Crippen molar-refractivity contribution in [2.24, 2.45) is 0 Å². The Morgan fingerprint density at radius 2 is 0.881 bits per heavy atom. The fraction of sp³-hybridized carbons (Fsp3) is 0.556. The Morgan fingerprint density at radius 1 is 0.571 bits per heavy atom. The summed E-state index contributed by atoms with van der Waals surface area (Å²) < 4.78 is 0. The van der Waals surface area contributed by atoms with Gasteiger partial charge in [0.05, 0.1) is 0 Å². The van der Waals surface area contributed by atoms with E-state index >= 15 is 0 Å². The van der Waals surface area contributed by atoms with Gasteiger partial charge in [0.25, 0.3) is 0 Å². The zero-order valence-electron chi connectivity index (χ0n) is 28.3. The Bertz CT molecular complexity index is 886. The monoisotopic (exact) mass is 794 g/mol. The smallest absolute Gasteiger partial charge is 0.109 e. The van der Waals surface area contributed by atoms with Gasteiger partial charge in [-0.1, -0.05) is 80.1 Å². The molecule has 0 fully saturated rings. The van der Waals surface area contributed by atoms with Gasteiger partial charge >= 0.3 is 83.7 Å². The third-order valence-electron chi connectivity index (χ3n) is 6.05. The van der Waals surface area contributed by atoms with Gasteiger partial charge in [0.1, 0.15) is 0 Å². The molecule has 0 spiro atoms. The summed E-state index contributed by atoms with van der Waals surface area (Å²) in [6.07, 6.45) is 36.2. The zero-order chi connectivity index (χ0) is 30.8. The summed E-state index contributed by atoms with van der Waals surface area (Å²) in [6, 6.07) is 0. The number of halogens is 2. The topological polar surface area (TPSA) is 0 Å². The van der Waals surface area contributed by atoms with Gasteiger partial charge in [-0.3, -0.25) is 24.3 Å². The van der Waals surface area contributed by atoms with Crippen LogP contribution in [-0.4, -0.2) is 10.9 Å². The summed E-state index contributed by atoms with van der Waals surface area (Å²) in [5, 5.41) is 0. The van der Waals surface area contributed by atoms with E-state index in [1.54, 1.807) is 69.0 Å². The Labute approximate surface area is 305 Å². The second-order valence-electron chi connectivity index (χ2n) is 9.96. The fourth-order valence-electron chi connectivity index (χ4n) is 4.24. The van der Waals surface area contributed by atoms with Crippen molar-refractivity contribution < 1.29 is 71.5 Å². The summed E-state index contributed by atoms with van der Waals surface area (Å²) in [6.45, 7) is 22.6. The molecule has 0 atom stereocenters. The van der Waals surface area contributed by atoms with E-state index in [1.165, 1.54) is 36.8 Å². The van der Waals surface area contributed by atoms with Crippen LogP contribution in [-0.2, 0) is 46.7 Å². The van der Waals surface area contributed by atoms with Crippen LogP contribution in [0.5, 0.6) is 0 Å². The second-order valence-corrected chi connectivity index (χ2v) is 28.7. The number of hydrogen-bond acceptors (Lipinski definition) is 0. The first-order valence-corrected chi connectivity index (χ1v) is 27.6. The molecule has 0 nitrogen and oxygen atoms in total. The van der Waals surface area contributed by atoms with Crippen molar-refractivity contribution in [3.8, 4) is 0 Å². The van der Waals surface area contributed by atoms with Crippen LogP contribution in [0.2, 0.25) is 26.2 Å². The fourth-order valence-corrected chi connectivity index (χ4v) is 4.24. The van der Waals surface area contributed by atoms with Gasteiger partial charge in [-0.25, -0.2) is 35.5 Å². The molecule has 0 unspecified atom stereocenters. The summed E-state index contributed by atoms with van der Waals surface area (Å²) in [4.78, 5) is 0. The molecule has 6 heteroatoms. The van der Waals surface area contributed by atoms with E-state index < -0.39 is 0 Å². The first-order chi connectivity index (χ1) is 19.1. The van der Waals surface area contributed by atoms with E-state index in [0.29, 0.717) is 0 Å². The van der Waals surface area contributed by atoms with Gasteiger partial charge in [-0.15, -0.1) is 25.7 Å². The SMILES string of the molecule is CCC1=[C-]CC(CC)=C1CC.CCC1=[C-]CC(CC)=C1CC.C[Si](C)=[Zr+2].C[Si](C)=[Zr+2].[C-]1=CC=CC1.[C-]1=CC=CC1.[Cl-].[Cl-]. The predicted molar refractivity (Wildman–Crippen MR) is 177 cm³/mol. The molecule has 4 aliphatic carbocycles. The number of rotatable bonds is 6. The molecule has 4 rings (SSSR count). The number of hydrogen-bond donors (Lipinski definition) is 0. The molecule has 232 valence electrons. The molecule has 0 aliphatic heterocycles. The normalized spacial score (nSPS) is 14.7. The molecule has 0 aromatic rings. The third kappa shape index (κ3) is 27.0. The van der Waals surface area contributed by atoms with Crippen molar-refractivity contribution in [2.45, 2.75) is 132 Å². The molecule has 0 saturated carbocycles. The molecule has 42 heavy (non-hydrogen) atoms. The van der Waals surface area contributed by atoms with Gasteiger partial charge in [-0.05, 0) is 0 Å². The molecular weight excluding hydrogens is 742 g/mol.